The molecule has 1 fully saturated rings. The van der Waals surface area contributed by atoms with Crippen LogP contribution in [0.5, 0.6) is 17.2 Å². The van der Waals surface area contributed by atoms with Gasteiger partial charge in [-0.05, 0) is 18.8 Å². The number of nitrogens with one attached hydrogen (secondary N) is 1. The number of hydrogen-bond donors (Lipinski definition) is 1. The van der Waals surface area contributed by atoms with E-state index in [0.717, 1.165) is 31.8 Å². The first-order valence-electron chi connectivity index (χ1n) is 9.10. The Morgan fingerprint density at radius 2 is 1.85 bits per heavy atom. The highest BCUT2D eigenvalue weighted by molar-refractivity contribution is 5.90. The maximum Gasteiger partial charge on any atom is 0.264 e. The predicted octanol–water partition coefficient (Wildman–Crippen LogP) is 2.97. The van der Waals surface area contributed by atoms with E-state index in [1.54, 1.807) is 13.2 Å². The summed E-state index contributed by atoms with van der Waals surface area (Å²) in [5, 5.41) is 0.370. The Morgan fingerprint density at radius 1 is 1.15 bits per heavy atom. The van der Waals surface area contributed by atoms with E-state index in [1.807, 2.05) is 0 Å². The van der Waals surface area contributed by atoms with E-state index in [2.05, 4.69) is 21.8 Å². The second-order valence-corrected chi connectivity index (χ2v) is 6.65. The molecule has 2 aromatic rings. The topological polar surface area (TPSA) is 76.7 Å². The first-order valence-corrected chi connectivity index (χ1v) is 9.10. The van der Waals surface area contributed by atoms with Crippen LogP contribution in [-0.4, -0.2) is 44.4 Å². The van der Waals surface area contributed by atoms with Crippen LogP contribution >= 0.6 is 0 Å². The van der Waals surface area contributed by atoms with Gasteiger partial charge < -0.3 is 19.1 Å². The van der Waals surface area contributed by atoms with Crippen molar-refractivity contribution in [2.24, 2.45) is 5.92 Å². The number of methoxy groups -OCH3 is 3. The molecule has 1 aromatic carbocycles. The van der Waals surface area contributed by atoms with Crippen molar-refractivity contribution in [1.29, 1.82) is 0 Å². The molecule has 7 nitrogen and oxygen atoms in total. The molecule has 7 heteroatoms. The fourth-order valence-electron chi connectivity index (χ4n) is 3.75. The molecule has 1 saturated heterocycles. The Hall–Kier alpha value is -2.44. The van der Waals surface area contributed by atoms with Gasteiger partial charge in [0.25, 0.3) is 5.56 Å². The van der Waals surface area contributed by atoms with Crippen molar-refractivity contribution in [3.63, 3.8) is 0 Å². The molecule has 1 aromatic heterocycles. The molecule has 1 aliphatic rings. The molecule has 0 spiro atoms. The minimum atomic E-state index is -0.238. The van der Waals surface area contributed by atoms with Crippen LogP contribution in [-0.2, 0) is 0 Å². The maximum atomic E-state index is 12.8. The van der Waals surface area contributed by atoms with Crippen molar-refractivity contribution in [2.45, 2.75) is 32.6 Å². The second kappa shape index (κ2) is 7.85. The Morgan fingerprint density at radius 3 is 2.42 bits per heavy atom. The molecule has 0 unspecified atom stereocenters. The van der Waals surface area contributed by atoms with Crippen molar-refractivity contribution < 1.29 is 14.2 Å². The molecule has 0 amide bonds. The number of aromatic nitrogens is 2. The quantitative estimate of drug-likeness (QED) is 0.852. The maximum absolute atomic E-state index is 12.8. The third-order valence-electron chi connectivity index (χ3n) is 5.10. The van der Waals surface area contributed by atoms with Crippen LogP contribution in [0, 0.1) is 5.92 Å². The van der Waals surface area contributed by atoms with Gasteiger partial charge in [0.1, 0.15) is 5.39 Å². The van der Waals surface area contributed by atoms with Gasteiger partial charge in [0.05, 0.1) is 26.8 Å². The minimum absolute atomic E-state index is 0.238. The van der Waals surface area contributed by atoms with Crippen LogP contribution in [0.4, 0.5) is 5.95 Å². The highest BCUT2D eigenvalue weighted by Gasteiger charge is 2.23. The molecule has 1 aliphatic heterocycles. The summed E-state index contributed by atoms with van der Waals surface area (Å²) < 4.78 is 16.2. The average Bonchev–Trinajstić information content (AvgIpc) is 2.67. The molecule has 0 atom stereocenters. The molecule has 26 heavy (non-hydrogen) atoms. The molecule has 0 aliphatic carbocycles. The summed E-state index contributed by atoms with van der Waals surface area (Å²) in [6.45, 7) is 4.04. The van der Waals surface area contributed by atoms with Crippen LogP contribution in [0.3, 0.4) is 0 Å². The number of nitrogens with zero attached hydrogens (tertiary/aromatic N) is 2. The van der Waals surface area contributed by atoms with E-state index in [-0.39, 0.29) is 5.56 Å². The fourth-order valence-corrected chi connectivity index (χ4v) is 3.75. The normalized spacial score (nSPS) is 15.3. The number of rotatable bonds is 6. The van der Waals surface area contributed by atoms with Gasteiger partial charge in [0.15, 0.2) is 11.5 Å². The summed E-state index contributed by atoms with van der Waals surface area (Å²) in [6.07, 6.45) is 4.75. The van der Waals surface area contributed by atoms with Crippen LogP contribution in [0.1, 0.15) is 32.6 Å². The smallest absolute Gasteiger partial charge is 0.264 e. The Bertz CT molecular complexity index is 826. The number of H-pyrrole nitrogens is 1. The van der Waals surface area contributed by atoms with Crippen molar-refractivity contribution in [3.8, 4) is 17.2 Å². The van der Waals surface area contributed by atoms with Crippen molar-refractivity contribution >= 4 is 16.9 Å². The van der Waals surface area contributed by atoms with Crippen molar-refractivity contribution in [1.82, 2.24) is 9.97 Å². The molecule has 0 saturated carbocycles. The molecular formula is C19H27N3O4. The Kier molecular flexibility index (Phi) is 5.54. The lowest BCUT2D eigenvalue weighted by atomic mass is 9.93. The van der Waals surface area contributed by atoms with Gasteiger partial charge in [0, 0.05) is 19.2 Å². The highest BCUT2D eigenvalue weighted by Crippen LogP contribution is 2.41. The molecule has 3 rings (SSSR count). The Balaban J connectivity index is 2.02. The second-order valence-electron chi connectivity index (χ2n) is 6.65. The third kappa shape index (κ3) is 3.30. The zero-order chi connectivity index (χ0) is 18.7. The fraction of sp³-hybridized carbons (Fsp3) is 0.579. The summed E-state index contributed by atoms with van der Waals surface area (Å²) in [5.74, 6) is 2.59. The van der Waals surface area contributed by atoms with Gasteiger partial charge in [0.2, 0.25) is 11.7 Å². The number of ether oxygens (including phenoxy) is 3. The van der Waals surface area contributed by atoms with Crippen molar-refractivity contribution in [3.05, 3.63) is 16.4 Å². The van der Waals surface area contributed by atoms with E-state index in [0.29, 0.717) is 34.1 Å². The first kappa shape index (κ1) is 18.4. The number of anilines is 1. The number of benzene rings is 1. The Labute approximate surface area is 153 Å². The average molecular weight is 361 g/mol. The van der Waals surface area contributed by atoms with Gasteiger partial charge in [-0.15, -0.1) is 0 Å². The number of hydrogen-bond acceptors (Lipinski definition) is 6. The minimum Gasteiger partial charge on any atom is -0.493 e. The zero-order valence-electron chi connectivity index (χ0n) is 15.9. The van der Waals surface area contributed by atoms with Gasteiger partial charge in [-0.3, -0.25) is 9.78 Å². The first-order chi connectivity index (χ1) is 12.6. The third-order valence-corrected chi connectivity index (χ3v) is 5.10. The molecular weight excluding hydrogens is 334 g/mol. The molecule has 2 heterocycles. The SMILES string of the molecule is CCCC1CCN(c2nc3cc(OC)c(OC)c(OC)c3c(=O)[nH]2)CC1. The highest BCUT2D eigenvalue weighted by atomic mass is 16.5. The van der Waals surface area contributed by atoms with Crippen LogP contribution in [0.15, 0.2) is 10.9 Å². The lowest BCUT2D eigenvalue weighted by Crippen LogP contribution is -2.35. The predicted molar refractivity (Wildman–Crippen MR) is 102 cm³/mol. The van der Waals surface area contributed by atoms with Gasteiger partial charge in [-0.25, -0.2) is 4.98 Å². The van der Waals surface area contributed by atoms with Gasteiger partial charge >= 0.3 is 0 Å². The van der Waals surface area contributed by atoms with E-state index >= 15 is 0 Å². The standard InChI is InChI=1S/C19H27N3O4/c1-5-6-12-7-9-22(10-8-12)19-20-13-11-14(24-2)16(25-3)17(26-4)15(13)18(23)21-19/h11-12H,5-10H2,1-4H3,(H,20,21,23). The van der Waals surface area contributed by atoms with E-state index in [4.69, 9.17) is 14.2 Å². The van der Waals surface area contributed by atoms with Crippen molar-refractivity contribution in [2.75, 3.05) is 39.3 Å². The molecule has 0 bridgehead atoms. The largest absolute Gasteiger partial charge is 0.493 e. The monoisotopic (exact) mass is 361 g/mol. The summed E-state index contributed by atoms with van der Waals surface area (Å²) in [4.78, 5) is 22.5. The van der Waals surface area contributed by atoms with Gasteiger partial charge in [-0.2, -0.15) is 0 Å². The van der Waals surface area contributed by atoms with Crippen LogP contribution in [0.2, 0.25) is 0 Å². The lowest BCUT2D eigenvalue weighted by Gasteiger charge is -2.32. The number of fused-ring (bicyclic) bond motifs is 1. The number of aromatic amines is 1. The van der Waals surface area contributed by atoms with Crippen LogP contribution < -0.4 is 24.7 Å². The lowest BCUT2D eigenvalue weighted by molar-refractivity contribution is 0.327. The summed E-state index contributed by atoms with van der Waals surface area (Å²) in [7, 11) is 4.57. The summed E-state index contributed by atoms with van der Waals surface area (Å²) >= 11 is 0. The molecule has 142 valence electrons. The van der Waals surface area contributed by atoms with E-state index in [1.165, 1.54) is 27.1 Å². The zero-order valence-corrected chi connectivity index (χ0v) is 15.9. The van der Waals surface area contributed by atoms with Crippen LogP contribution in [0.25, 0.3) is 10.9 Å². The molecule has 0 radical (unpaired) electrons. The summed E-state index contributed by atoms with van der Waals surface area (Å²) in [6, 6.07) is 1.72. The molecule has 1 N–H and O–H groups in total. The summed E-state index contributed by atoms with van der Waals surface area (Å²) in [5.41, 5.74) is 0.299. The van der Waals surface area contributed by atoms with Gasteiger partial charge in [-0.1, -0.05) is 19.8 Å². The number of piperidine rings is 1. The van der Waals surface area contributed by atoms with E-state index < -0.39 is 0 Å². The van der Waals surface area contributed by atoms with E-state index in [9.17, 15) is 4.79 Å².